The molecule has 0 saturated carbocycles. The lowest BCUT2D eigenvalue weighted by Gasteiger charge is -2.24. The molecule has 0 radical (unpaired) electrons. The van der Waals surface area contributed by atoms with Crippen LogP contribution in [0.15, 0.2) is 42.7 Å². The van der Waals surface area contributed by atoms with Gasteiger partial charge in [-0.25, -0.2) is 15.4 Å². The van der Waals surface area contributed by atoms with Crippen LogP contribution in [0.4, 0.5) is 5.95 Å². The minimum Gasteiger partial charge on any atom is -0.368 e. The Hall–Kier alpha value is -2.02. The van der Waals surface area contributed by atoms with Crippen molar-refractivity contribution in [2.75, 3.05) is 25.9 Å². The fourth-order valence-electron chi connectivity index (χ4n) is 2.94. The number of hydrogen-bond acceptors (Lipinski definition) is 6. The molecule has 1 aromatic heterocycles. The van der Waals surface area contributed by atoms with Crippen LogP contribution in [-0.2, 0) is 6.54 Å². The first-order valence-corrected chi connectivity index (χ1v) is 7.50. The Kier molecular flexibility index (Phi) is 4.62. The van der Waals surface area contributed by atoms with E-state index in [1.165, 1.54) is 5.56 Å². The van der Waals surface area contributed by atoms with Gasteiger partial charge in [-0.1, -0.05) is 30.3 Å². The van der Waals surface area contributed by atoms with Crippen LogP contribution in [0, 0.1) is 5.92 Å². The normalized spacial score (nSPS) is 21.4. The molecule has 0 amide bonds. The van der Waals surface area contributed by atoms with Crippen LogP contribution in [-0.4, -0.2) is 35.0 Å². The SMILES string of the molecule is CN(Cc1cnc(N)nc1)CC1CNNC1c1ccccc1. The summed E-state index contributed by atoms with van der Waals surface area (Å²) in [4.78, 5) is 10.4. The van der Waals surface area contributed by atoms with E-state index >= 15 is 0 Å². The average molecular weight is 298 g/mol. The van der Waals surface area contributed by atoms with Crippen molar-refractivity contribution >= 4 is 5.95 Å². The van der Waals surface area contributed by atoms with Crippen LogP contribution in [0.5, 0.6) is 0 Å². The molecule has 2 aromatic rings. The number of nitrogen functional groups attached to an aromatic ring is 1. The van der Waals surface area contributed by atoms with Crippen molar-refractivity contribution in [3.63, 3.8) is 0 Å². The molecule has 22 heavy (non-hydrogen) atoms. The maximum absolute atomic E-state index is 5.52. The van der Waals surface area contributed by atoms with Gasteiger partial charge in [-0.2, -0.15) is 0 Å². The highest BCUT2D eigenvalue weighted by atomic mass is 15.4. The van der Waals surface area contributed by atoms with Gasteiger partial charge in [0.05, 0.1) is 6.04 Å². The van der Waals surface area contributed by atoms with Crippen LogP contribution in [0.1, 0.15) is 17.2 Å². The number of hydrazine groups is 1. The molecule has 4 N–H and O–H groups in total. The lowest BCUT2D eigenvalue weighted by molar-refractivity contribution is 0.262. The van der Waals surface area contributed by atoms with E-state index in [2.05, 4.69) is 57.0 Å². The van der Waals surface area contributed by atoms with Crippen molar-refractivity contribution in [3.05, 3.63) is 53.9 Å². The zero-order chi connectivity index (χ0) is 15.4. The van der Waals surface area contributed by atoms with Crippen LogP contribution < -0.4 is 16.6 Å². The molecule has 0 bridgehead atoms. The summed E-state index contributed by atoms with van der Waals surface area (Å²) in [5.74, 6) is 0.835. The molecule has 2 atom stereocenters. The quantitative estimate of drug-likeness (QED) is 0.763. The topological polar surface area (TPSA) is 79.1 Å². The summed E-state index contributed by atoms with van der Waals surface area (Å²) in [6, 6.07) is 10.9. The standard InChI is InChI=1S/C16H22N6/c1-22(10-12-7-18-16(17)19-8-12)11-14-9-20-21-15(14)13-5-3-2-4-6-13/h2-8,14-15,20-21H,9-11H2,1H3,(H2,17,18,19). The van der Waals surface area contributed by atoms with E-state index in [1.807, 2.05) is 6.07 Å². The van der Waals surface area contributed by atoms with Crippen LogP contribution >= 0.6 is 0 Å². The fourth-order valence-corrected chi connectivity index (χ4v) is 2.94. The predicted molar refractivity (Wildman–Crippen MR) is 86.6 cm³/mol. The van der Waals surface area contributed by atoms with Crippen molar-refractivity contribution in [2.45, 2.75) is 12.6 Å². The van der Waals surface area contributed by atoms with Gasteiger partial charge < -0.3 is 10.6 Å². The van der Waals surface area contributed by atoms with Gasteiger partial charge in [0.15, 0.2) is 0 Å². The van der Waals surface area contributed by atoms with E-state index < -0.39 is 0 Å². The lowest BCUT2D eigenvalue weighted by atomic mass is 9.94. The zero-order valence-corrected chi connectivity index (χ0v) is 12.7. The number of anilines is 1. The molecular weight excluding hydrogens is 276 g/mol. The molecule has 1 fully saturated rings. The monoisotopic (exact) mass is 298 g/mol. The summed E-state index contributed by atoms with van der Waals surface area (Å²) in [5, 5.41) is 0. The van der Waals surface area contributed by atoms with Gasteiger partial charge in [-0.15, -0.1) is 0 Å². The molecule has 0 spiro atoms. The number of nitrogens with zero attached hydrogens (tertiary/aromatic N) is 3. The zero-order valence-electron chi connectivity index (χ0n) is 12.7. The molecule has 3 rings (SSSR count). The molecule has 2 heterocycles. The molecule has 1 saturated heterocycles. The summed E-state index contributed by atoms with van der Waals surface area (Å²) in [6.07, 6.45) is 3.58. The molecule has 116 valence electrons. The molecule has 1 aliphatic heterocycles. The lowest BCUT2D eigenvalue weighted by Crippen LogP contribution is -2.30. The van der Waals surface area contributed by atoms with Crippen molar-refractivity contribution in [1.29, 1.82) is 0 Å². The Morgan fingerprint density at radius 3 is 2.68 bits per heavy atom. The third-order valence-corrected chi connectivity index (χ3v) is 3.98. The van der Waals surface area contributed by atoms with Crippen molar-refractivity contribution in [2.24, 2.45) is 5.92 Å². The molecule has 6 nitrogen and oxygen atoms in total. The van der Waals surface area contributed by atoms with Gasteiger partial charge >= 0.3 is 0 Å². The minimum atomic E-state index is 0.319. The first-order valence-electron chi connectivity index (χ1n) is 7.50. The minimum absolute atomic E-state index is 0.319. The number of rotatable bonds is 5. The van der Waals surface area contributed by atoms with Crippen LogP contribution in [0.25, 0.3) is 0 Å². The number of hydrogen-bond donors (Lipinski definition) is 3. The molecule has 0 aliphatic carbocycles. The molecule has 1 aromatic carbocycles. The number of nitrogens with one attached hydrogen (secondary N) is 2. The Bertz CT molecular complexity index is 585. The highest BCUT2D eigenvalue weighted by Gasteiger charge is 2.28. The number of aromatic nitrogens is 2. The molecule has 6 heteroatoms. The van der Waals surface area contributed by atoms with Gasteiger partial charge in [-0.3, -0.25) is 5.43 Å². The maximum Gasteiger partial charge on any atom is 0.219 e. The first kappa shape index (κ1) is 14.9. The van der Waals surface area contributed by atoms with Gasteiger partial charge in [0.1, 0.15) is 0 Å². The van der Waals surface area contributed by atoms with E-state index in [0.717, 1.165) is 25.2 Å². The van der Waals surface area contributed by atoms with Gasteiger partial charge in [0.2, 0.25) is 5.95 Å². The predicted octanol–water partition coefficient (Wildman–Crippen LogP) is 0.956. The van der Waals surface area contributed by atoms with Crippen LogP contribution in [0.3, 0.4) is 0 Å². The second kappa shape index (κ2) is 6.83. The van der Waals surface area contributed by atoms with Gasteiger partial charge in [0.25, 0.3) is 0 Å². The summed E-state index contributed by atoms with van der Waals surface area (Å²) in [5.41, 5.74) is 14.6. The number of nitrogens with two attached hydrogens (primary N) is 1. The first-order chi connectivity index (χ1) is 10.7. The maximum atomic E-state index is 5.52. The second-order valence-electron chi connectivity index (χ2n) is 5.82. The summed E-state index contributed by atoms with van der Waals surface area (Å²) in [7, 11) is 2.12. The third-order valence-electron chi connectivity index (χ3n) is 3.98. The summed E-state index contributed by atoms with van der Waals surface area (Å²) < 4.78 is 0. The highest BCUT2D eigenvalue weighted by molar-refractivity contribution is 5.21. The molecule has 1 aliphatic rings. The highest BCUT2D eigenvalue weighted by Crippen LogP contribution is 2.25. The van der Waals surface area contributed by atoms with Gasteiger partial charge in [-0.05, 0) is 12.6 Å². The number of benzene rings is 1. The Morgan fingerprint density at radius 2 is 1.95 bits per heavy atom. The Labute approximate surface area is 130 Å². The van der Waals surface area contributed by atoms with E-state index in [1.54, 1.807) is 12.4 Å². The Morgan fingerprint density at radius 1 is 1.23 bits per heavy atom. The van der Waals surface area contributed by atoms with Crippen molar-refractivity contribution in [3.8, 4) is 0 Å². The molecule has 2 unspecified atom stereocenters. The average Bonchev–Trinajstić information content (AvgIpc) is 2.98. The van der Waals surface area contributed by atoms with Crippen LogP contribution in [0.2, 0.25) is 0 Å². The van der Waals surface area contributed by atoms with E-state index in [4.69, 9.17) is 5.73 Å². The largest absolute Gasteiger partial charge is 0.368 e. The van der Waals surface area contributed by atoms with E-state index in [9.17, 15) is 0 Å². The second-order valence-corrected chi connectivity index (χ2v) is 5.82. The van der Waals surface area contributed by atoms with E-state index in [0.29, 0.717) is 17.9 Å². The Balaban J connectivity index is 1.60. The smallest absolute Gasteiger partial charge is 0.219 e. The summed E-state index contributed by atoms with van der Waals surface area (Å²) >= 11 is 0. The van der Waals surface area contributed by atoms with Crippen molar-refractivity contribution in [1.82, 2.24) is 25.7 Å². The fraction of sp³-hybridized carbons (Fsp3) is 0.375. The third kappa shape index (κ3) is 3.59. The van der Waals surface area contributed by atoms with Gasteiger partial charge in [0, 0.05) is 43.5 Å². The van der Waals surface area contributed by atoms with E-state index in [-0.39, 0.29) is 0 Å². The molecular formula is C16H22N6. The van der Waals surface area contributed by atoms with Crippen molar-refractivity contribution < 1.29 is 0 Å². The summed E-state index contributed by atoms with van der Waals surface area (Å²) in [6.45, 7) is 2.77.